The number of para-hydroxylation sites is 1. The zero-order valence-corrected chi connectivity index (χ0v) is 13.8. The summed E-state index contributed by atoms with van der Waals surface area (Å²) in [6, 6.07) is 5.28. The minimum Gasteiger partial charge on any atom is -0.449 e. The van der Waals surface area contributed by atoms with E-state index in [9.17, 15) is 27.6 Å². The fourth-order valence-electron chi connectivity index (χ4n) is 2.29. The molecule has 0 fully saturated rings. The topological polar surface area (TPSA) is 82.1 Å². The lowest BCUT2D eigenvalue weighted by molar-refractivity contribution is -0.127. The van der Waals surface area contributed by atoms with Gasteiger partial charge in [-0.3, -0.25) is 4.79 Å². The molecule has 26 heavy (non-hydrogen) atoms. The highest BCUT2D eigenvalue weighted by molar-refractivity contribution is 6.39. The summed E-state index contributed by atoms with van der Waals surface area (Å²) in [5.41, 5.74) is -1.31. The molecule has 0 spiro atoms. The number of rotatable bonds is 3. The van der Waals surface area contributed by atoms with Crippen LogP contribution in [0.15, 0.2) is 30.0 Å². The molecule has 1 aromatic rings. The van der Waals surface area contributed by atoms with Gasteiger partial charge in [-0.1, -0.05) is 18.2 Å². The lowest BCUT2D eigenvalue weighted by Gasteiger charge is -2.15. The summed E-state index contributed by atoms with van der Waals surface area (Å²) in [4.78, 5) is 36.4. The zero-order chi connectivity index (χ0) is 19.5. The lowest BCUT2D eigenvalue weighted by atomic mass is 10.1. The Hall–Kier alpha value is -3.04. The van der Waals surface area contributed by atoms with Crippen LogP contribution in [0.5, 0.6) is 0 Å². The van der Waals surface area contributed by atoms with Gasteiger partial charge in [-0.05, 0) is 19.9 Å². The largest absolute Gasteiger partial charge is 0.513 e. The number of ether oxygens (including phenoxy) is 3. The van der Waals surface area contributed by atoms with Gasteiger partial charge in [-0.2, -0.15) is 13.2 Å². The van der Waals surface area contributed by atoms with Crippen LogP contribution in [0.3, 0.4) is 0 Å². The number of halogens is 3. The SMILES string of the molecule is CCOC(=O)O/C(=C1/C(=O)N(C(=O)OCC)c2ccccc21)C(F)(F)F. The van der Waals surface area contributed by atoms with Crippen LogP contribution in [0.25, 0.3) is 5.57 Å². The number of nitrogens with zero attached hydrogens (tertiary/aromatic N) is 1. The molecular weight excluding hydrogens is 359 g/mol. The molecular formula is C16H14F3NO6. The third-order valence-corrected chi connectivity index (χ3v) is 3.21. The quantitative estimate of drug-likeness (QED) is 0.457. The van der Waals surface area contributed by atoms with Crippen LogP contribution in [-0.4, -0.2) is 37.5 Å². The minimum atomic E-state index is -5.18. The van der Waals surface area contributed by atoms with Crippen LogP contribution < -0.4 is 4.90 Å². The molecule has 0 bridgehead atoms. The number of benzene rings is 1. The number of amides is 2. The van der Waals surface area contributed by atoms with Gasteiger partial charge in [0.05, 0.1) is 24.5 Å². The number of hydrogen-bond acceptors (Lipinski definition) is 6. The number of anilines is 1. The first-order valence-electron chi connectivity index (χ1n) is 7.49. The minimum absolute atomic E-state index is 0.0880. The van der Waals surface area contributed by atoms with E-state index in [-0.39, 0.29) is 24.5 Å². The summed E-state index contributed by atoms with van der Waals surface area (Å²) in [6.45, 7) is 2.54. The van der Waals surface area contributed by atoms with Crippen LogP contribution >= 0.6 is 0 Å². The number of alkyl halides is 3. The zero-order valence-electron chi connectivity index (χ0n) is 13.8. The molecule has 0 unspecified atom stereocenters. The maximum absolute atomic E-state index is 13.4. The van der Waals surface area contributed by atoms with Gasteiger partial charge < -0.3 is 14.2 Å². The van der Waals surface area contributed by atoms with Crippen molar-refractivity contribution < 1.29 is 41.8 Å². The standard InChI is InChI=1S/C16H14F3NO6/c1-3-24-14(22)20-10-8-6-5-7-9(10)11(13(20)21)12(16(17,18)19)26-15(23)25-4-2/h5-8H,3-4H2,1-2H3/b12-11+. The number of carbonyl (C=O) groups excluding carboxylic acids is 3. The second-order valence-electron chi connectivity index (χ2n) is 4.84. The van der Waals surface area contributed by atoms with E-state index in [1.54, 1.807) is 0 Å². The lowest BCUT2D eigenvalue weighted by Crippen LogP contribution is -2.35. The van der Waals surface area contributed by atoms with E-state index in [0.717, 1.165) is 0 Å². The van der Waals surface area contributed by atoms with Gasteiger partial charge in [0.2, 0.25) is 5.76 Å². The van der Waals surface area contributed by atoms with Crippen LogP contribution in [-0.2, 0) is 19.0 Å². The van der Waals surface area contributed by atoms with Gasteiger partial charge in [-0.25, -0.2) is 14.5 Å². The Bertz CT molecular complexity index is 771. The first kappa shape index (κ1) is 19.3. The van der Waals surface area contributed by atoms with Crippen molar-refractivity contribution >= 4 is 29.4 Å². The molecule has 140 valence electrons. The third kappa shape index (κ3) is 3.63. The van der Waals surface area contributed by atoms with E-state index < -0.39 is 35.7 Å². The van der Waals surface area contributed by atoms with E-state index >= 15 is 0 Å². The first-order valence-corrected chi connectivity index (χ1v) is 7.49. The molecule has 2 amide bonds. The van der Waals surface area contributed by atoms with Crippen molar-refractivity contribution in [2.24, 2.45) is 0 Å². The van der Waals surface area contributed by atoms with Gasteiger partial charge in [0.1, 0.15) is 0 Å². The Labute approximate surface area is 145 Å². The number of carbonyl (C=O) groups is 3. The van der Waals surface area contributed by atoms with E-state index in [1.807, 2.05) is 0 Å². The van der Waals surface area contributed by atoms with Crippen molar-refractivity contribution in [3.63, 3.8) is 0 Å². The first-order chi connectivity index (χ1) is 12.2. The molecule has 0 N–H and O–H groups in total. The van der Waals surface area contributed by atoms with Crippen molar-refractivity contribution in [1.82, 2.24) is 0 Å². The summed E-state index contributed by atoms with van der Waals surface area (Å²) in [6.07, 6.45) is -7.94. The molecule has 10 heteroatoms. The normalized spacial score (nSPS) is 15.4. The molecule has 2 rings (SSSR count). The van der Waals surface area contributed by atoms with Crippen molar-refractivity contribution in [3.05, 3.63) is 35.6 Å². The molecule has 0 radical (unpaired) electrons. The fourth-order valence-corrected chi connectivity index (χ4v) is 2.29. The van der Waals surface area contributed by atoms with Gasteiger partial charge in [0.15, 0.2) is 0 Å². The average Bonchev–Trinajstić information content (AvgIpc) is 2.84. The molecule has 0 saturated carbocycles. The highest BCUT2D eigenvalue weighted by Gasteiger charge is 2.48. The van der Waals surface area contributed by atoms with E-state index in [0.29, 0.717) is 4.90 Å². The van der Waals surface area contributed by atoms with E-state index in [1.165, 1.54) is 38.1 Å². The van der Waals surface area contributed by atoms with Crippen LogP contribution in [0.2, 0.25) is 0 Å². The predicted molar refractivity (Wildman–Crippen MR) is 82.0 cm³/mol. The third-order valence-electron chi connectivity index (χ3n) is 3.21. The number of imide groups is 1. The van der Waals surface area contributed by atoms with Crippen LogP contribution in [0.4, 0.5) is 28.4 Å². The van der Waals surface area contributed by atoms with Crippen molar-refractivity contribution in [1.29, 1.82) is 0 Å². The Balaban J connectivity index is 2.64. The second-order valence-corrected chi connectivity index (χ2v) is 4.84. The van der Waals surface area contributed by atoms with Crippen molar-refractivity contribution in [2.45, 2.75) is 20.0 Å². The second kappa shape index (κ2) is 7.46. The molecule has 0 aromatic heterocycles. The molecule has 0 atom stereocenters. The summed E-state index contributed by atoms with van der Waals surface area (Å²) in [5.74, 6) is -3.18. The molecule has 0 aliphatic carbocycles. The number of allylic oxidation sites excluding steroid dienone is 1. The molecule has 1 heterocycles. The summed E-state index contributed by atoms with van der Waals surface area (Å²) >= 11 is 0. The Morgan fingerprint density at radius 1 is 1.08 bits per heavy atom. The molecule has 1 aromatic carbocycles. The Kier molecular flexibility index (Phi) is 5.53. The highest BCUT2D eigenvalue weighted by atomic mass is 19.4. The van der Waals surface area contributed by atoms with Gasteiger partial charge >= 0.3 is 18.4 Å². The fraction of sp³-hybridized carbons (Fsp3) is 0.312. The monoisotopic (exact) mass is 373 g/mol. The van der Waals surface area contributed by atoms with Gasteiger partial charge in [0, 0.05) is 5.56 Å². The van der Waals surface area contributed by atoms with Crippen LogP contribution in [0.1, 0.15) is 19.4 Å². The Morgan fingerprint density at radius 3 is 2.27 bits per heavy atom. The average molecular weight is 373 g/mol. The molecule has 1 aliphatic heterocycles. The maximum Gasteiger partial charge on any atom is 0.513 e. The summed E-state index contributed by atoms with van der Waals surface area (Å²) < 4.78 is 53.6. The smallest absolute Gasteiger partial charge is 0.449 e. The van der Waals surface area contributed by atoms with E-state index in [4.69, 9.17) is 4.74 Å². The predicted octanol–water partition coefficient (Wildman–Crippen LogP) is 3.64. The molecule has 0 saturated heterocycles. The highest BCUT2D eigenvalue weighted by Crippen LogP contribution is 2.43. The maximum atomic E-state index is 13.4. The molecule has 7 nitrogen and oxygen atoms in total. The van der Waals surface area contributed by atoms with Crippen LogP contribution in [0, 0.1) is 0 Å². The van der Waals surface area contributed by atoms with Gasteiger partial charge in [-0.15, -0.1) is 0 Å². The van der Waals surface area contributed by atoms with Crippen molar-refractivity contribution in [2.75, 3.05) is 18.1 Å². The van der Waals surface area contributed by atoms with Crippen molar-refractivity contribution in [3.8, 4) is 0 Å². The summed E-state index contributed by atoms with van der Waals surface area (Å²) in [7, 11) is 0. The number of fused-ring (bicyclic) bond motifs is 1. The number of hydrogen-bond donors (Lipinski definition) is 0. The molecule has 1 aliphatic rings. The van der Waals surface area contributed by atoms with E-state index in [2.05, 4.69) is 9.47 Å². The Morgan fingerprint density at radius 2 is 1.69 bits per heavy atom. The summed E-state index contributed by atoms with van der Waals surface area (Å²) in [5, 5.41) is 0. The van der Waals surface area contributed by atoms with Gasteiger partial charge in [0.25, 0.3) is 5.91 Å².